The highest BCUT2D eigenvalue weighted by molar-refractivity contribution is 4.96. The summed E-state index contributed by atoms with van der Waals surface area (Å²) in [6.45, 7) is 8.49. The van der Waals surface area contributed by atoms with Crippen LogP contribution in [-0.2, 0) is 18.9 Å². The van der Waals surface area contributed by atoms with Crippen molar-refractivity contribution in [3.63, 3.8) is 0 Å². The molecule has 0 bridgehead atoms. The summed E-state index contributed by atoms with van der Waals surface area (Å²) < 4.78 is 23.1. The van der Waals surface area contributed by atoms with Crippen LogP contribution in [0, 0.1) is 11.3 Å². The van der Waals surface area contributed by atoms with Crippen molar-refractivity contribution in [2.75, 3.05) is 66.4 Å². The van der Waals surface area contributed by atoms with Crippen molar-refractivity contribution in [2.24, 2.45) is 11.3 Å². The summed E-state index contributed by atoms with van der Waals surface area (Å²) in [5, 5.41) is 0. The van der Waals surface area contributed by atoms with Crippen LogP contribution in [0.1, 0.15) is 32.1 Å². The molecule has 0 aromatic rings. The molecule has 0 aliphatic carbocycles. The number of ether oxygens (including phenoxy) is 4. The molecule has 0 radical (unpaired) electrons. The second-order valence-electron chi connectivity index (χ2n) is 7.45. The fourth-order valence-electron chi connectivity index (χ4n) is 4.35. The predicted molar refractivity (Wildman–Crippen MR) is 88.7 cm³/mol. The van der Waals surface area contributed by atoms with E-state index in [1.807, 2.05) is 0 Å². The van der Waals surface area contributed by atoms with Gasteiger partial charge in [0.15, 0.2) is 0 Å². The Morgan fingerprint density at radius 3 is 2.87 bits per heavy atom. The molecule has 0 N–H and O–H groups in total. The van der Waals surface area contributed by atoms with Gasteiger partial charge in [0.25, 0.3) is 0 Å². The number of nitrogens with zero attached hydrogens (tertiary/aromatic N) is 1. The first-order chi connectivity index (χ1) is 11.3. The average Bonchev–Trinajstić information content (AvgIpc) is 2.60. The van der Waals surface area contributed by atoms with E-state index in [9.17, 15) is 0 Å². The summed E-state index contributed by atoms with van der Waals surface area (Å²) >= 11 is 0. The van der Waals surface area contributed by atoms with E-state index < -0.39 is 0 Å². The van der Waals surface area contributed by atoms with Crippen LogP contribution in [0.3, 0.4) is 0 Å². The Kier molecular flexibility index (Phi) is 6.72. The van der Waals surface area contributed by atoms with E-state index in [-0.39, 0.29) is 5.41 Å². The van der Waals surface area contributed by atoms with Crippen molar-refractivity contribution in [3.8, 4) is 0 Å². The van der Waals surface area contributed by atoms with Gasteiger partial charge in [-0.15, -0.1) is 0 Å². The van der Waals surface area contributed by atoms with E-state index in [2.05, 4.69) is 4.90 Å². The van der Waals surface area contributed by atoms with Crippen molar-refractivity contribution in [2.45, 2.75) is 38.2 Å². The van der Waals surface area contributed by atoms with Crippen molar-refractivity contribution < 1.29 is 18.9 Å². The maximum Gasteiger partial charge on any atom is 0.0677 e. The van der Waals surface area contributed by atoms with E-state index >= 15 is 0 Å². The number of hydrogen-bond acceptors (Lipinski definition) is 5. The molecule has 3 aliphatic heterocycles. The molecular formula is C18H33NO4. The minimum absolute atomic E-state index is 0.190. The summed E-state index contributed by atoms with van der Waals surface area (Å²) in [5.74, 6) is 0.677. The lowest BCUT2D eigenvalue weighted by atomic mass is 9.73. The molecule has 0 aromatic carbocycles. The molecule has 0 unspecified atom stereocenters. The molecular weight excluding hydrogens is 294 g/mol. The highest BCUT2D eigenvalue weighted by Gasteiger charge is 2.46. The Morgan fingerprint density at radius 1 is 1.17 bits per heavy atom. The first kappa shape index (κ1) is 17.6. The standard InChI is InChI=1S/C18H33NO4/c1-20-12-8-19-7-3-17-18(14-19,6-2-9-23-17)15-22-13-16-4-10-21-11-5-16/h16-17H,2-15H2,1H3/t17-,18-/m1/s1. The van der Waals surface area contributed by atoms with Gasteiger partial charge in [-0.25, -0.2) is 0 Å². The SMILES string of the molecule is COCCN1CC[C@H]2OCCC[C@]2(COCC2CCOCC2)C1. The lowest BCUT2D eigenvalue weighted by molar-refractivity contribution is -0.157. The molecule has 3 aliphatic rings. The molecule has 134 valence electrons. The van der Waals surface area contributed by atoms with E-state index in [1.165, 1.54) is 6.42 Å². The zero-order valence-electron chi connectivity index (χ0n) is 14.6. The van der Waals surface area contributed by atoms with E-state index in [4.69, 9.17) is 18.9 Å². The van der Waals surface area contributed by atoms with Crippen LogP contribution in [0.25, 0.3) is 0 Å². The highest BCUT2D eigenvalue weighted by Crippen LogP contribution is 2.40. The largest absolute Gasteiger partial charge is 0.383 e. The zero-order chi connectivity index (χ0) is 16.0. The summed E-state index contributed by atoms with van der Waals surface area (Å²) in [6, 6.07) is 0. The summed E-state index contributed by atoms with van der Waals surface area (Å²) in [4.78, 5) is 2.53. The molecule has 2 atom stereocenters. The Hall–Kier alpha value is -0.200. The molecule has 3 saturated heterocycles. The first-order valence-electron chi connectivity index (χ1n) is 9.31. The molecule has 5 heteroatoms. The van der Waals surface area contributed by atoms with Crippen LogP contribution in [-0.4, -0.2) is 77.4 Å². The van der Waals surface area contributed by atoms with Crippen molar-refractivity contribution >= 4 is 0 Å². The Morgan fingerprint density at radius 2 is 2.04 bits per heavy atom. The zero-order valence-corrected chi connectivity index (χ0v) is 14.6. The van der Waals surface area contributed by atoms with Gasteiger partial charge in [0.1, 0.15) is 0 Å². The lowest BCUT2D eigenvalue weighted by Gasteiger charge is -2.50. The Labute approximate surface area is 140 Å². The normalized spacial score (nSPS) is 33.5. The molecule has 0 saturated carbocycles. The first-order valence-corrected chi connectivity index (χ1v) is 9.31. The molecule has 3 fully saturated rings. The van der Waals surface area contributed by atoms with E-state index in [0.29, 0.717) is 12.0 Å². The predicted octanol–water partition coefficient (Wildman–Crippen LogP) is 1.95. The molecule has 23 heavy (non-hydrogen) atoms. The van der Waals surface area contributed by atoms with Crippen molar-refractivity contribution in [3.05, 3.63) is 0 Å². The van der Waals surface area contributed by atoms with E-state index in [0.717, 1.165) is 85.0 Å². The van der Waals surface area contributed by atoms with Gasteiger partial charge in [-0.1, -0.05) is 0 Å². The van der Waals surface area contributed by atoms with Crippen LogP contribution in [0.4, 0.5) is 0 Å². The van der Waals surface area contributed by atoms with Crippen LogP contribution in [0.2, 0.25) is 0 Å². The number of piperidine rings is 1. The monoisotopic (exact) mass is 327 g/mol. The third-order valence-electron chi connectivity index (χ3n) is 5.76. The fourth-order valence-corrected chi connectivity index (χ4v) is 4.35. The van der Waals surface area contributed by atoms with E-state index in [1.54, 1.807) is 7.11 Å². The van der Waals surface area contributed by atoms with Crippen LogP contribution in [0.15, 0.2) is 0 Å². The maximum atomic E-state index is 6.23. The van der Waals surface area contributed by atoms with Crippen molar-refractivity contribution in [1.82, 2.24) is 4.90 Å². The van der Waals surface area contributed by atoms with Gasteiger partial charge in [-0.3, -0.25) is 0 Å². The van der Waals surface area contributed by atoms with Gasteiger partial charge in [0.05, 0.1) is 19.3 Å². The van der Waals surface area contributed by atoms with Gasteiger partial charge in [-0.2, -0.15) is 0 Å². The number of hydrogen-bond donors (Lipinski definition) is 0. The van der Waals surface area contributed by atoms with Gasteiger partial charge in [-0.05, 0) is 38.0 Å². The van der Waals surface area contributed by atoms with Gasteiger partial charge >= 0.3 is 0 Å². The minimum atomic E-state index is 0.190. The number of methoxy groups -OCH3 is 1. The smallest absolute Gasteiger partial charge is 0.0677 e. The maximum absolute atomic E-state index is 6.23. The topological polar surface area (TPSA) is 40.2 Å². The summed E-state index contributed by atoms with van der Waals surface area (Å²) in [6.07, 6.45) is 6.19. The number of likely N-dealkylation sites (tertiary alicyclic amines) is 1. The molecule has 5 nitrogen and oxygen atoms in total. The highest BCUT2D eigenvalue weighted by atomic mass is 16.5. The molecule has 0 spiro atoms. The quantitative estimate of drug-likeness (QED) is 0.715. The molecule has 0 amide bonds. The Bertz CT molecular complexity index is 348. The Balaban J connectivity index is 1.52. The molecule has 3 rings (SSSR count). The second-order valence-corrected chi connectivity index (χ2v) is 7.45. The minimum Gasteiger partial charge on any atom is -0.383 e. The van der Waals surface area contributed by atoms with Crippen LogP contribution >= 0.6 is 0 Å². The molecule has 3 heterocycles. The number of rotatable bonds is 7. The lowest BCUT2D eigenvalue weighted by Crippen LogP contribution is -2.57. The van der Waals surface area contributed by atoms with Gasteiger partial charge in [0.2, 0.25) is 0 Å². The third kappa shape index (κ3) is 4.67. The fraction of sp³-hybridized carbons (Fsp3) is 1.00. The van der Waals surface area contributed by atoms with Crippen LogP contribution in [0.5, 0.6) is 0 Å². The van der Waals surface area contributed by atoms with Crippen LogP contribution < -0.4 is 0 Å². The number of fused-ring (bicyclic) bond motifs is 1. The van der Waals surface area contributed by atoms with Gasteiger partial charge in [0, 0.05) is 58.6 Å². The average molecular weight is 327 g/mol. The molecule has 0 aromatic heterocycles. The summed E-state index contributed by atoms with van der Waals surface area (Å²) in [5.41, 5.74) is 0.190. The van der Waals surface area contributed by atoms with Crippen molar-refractivity contribution in [1.29, 1.82) is 0 Å². The van der Waals surface area contributed by atoms with Gasteiger partial charge < -0.3 is 23.8 Å². The third-order valence-corrected chi connectivity index (χ3v) is 5.76. The second kappa shape index (κ2) is 8.77. The summed E-state index contributed by atoms with van der Waals surface area (Å²) in [7, 11) is 1.78.